The van der Waals surface area contributed by atoms with E-state index in [9.17, 15) is 9.18 Å². The zero-order valence-electron chi connectivity index (χ0n) is 17.2. The molecule has 0 radical (unpaired) electrons. The molecule has 0 spiro atoms. The molecule has 30 heavy (non-hydrogen) atoms. The number of likely N-dealkylation sites (tertiary alicyclic amines) is 1. The quantitative estimate of drug-likeness (QED) is 0.576. The van der Waals surface area contributed by atoms with Gasteiger partial charge in [0.15, 0.2) is 5.69 Å². The minimum absolute atomic E-state index is 0.0636. The molecule has 1 amide bonds. The number of carbonyl (C=O) groups excluding carboxylic acids is 1. The van der Waals surface area contributed by atoms with Crippen molar-refractivity contribution in [2.45, 2.75) is 39.4 Å². The SMILES string of the molecule is Cc1cccc(CN(Cc2ccc(F)cc2)Cc2nc(C(=O)N3CCCC3)co2)c1. The molecular weight excluding hydrogens is 381 g/mol. The lowest BCUT2D eigenvalue weighted by Crippen LogP contribution is -2.28. The minimum atomic E-state index is -0.248. The van der Waals surface area contributed by atoms with Crippen molar-refractivity contribution in [3.8, 4) is 0 Å². The molecule has 0 atom stereocenters. The zero-order chi connectivity index (χ0) is 20.9. The molecule has 0 saturated carbocycles. The number of aromatic nitrogens is 1. The molecule has 156 valence electrons. The number of nitrogens with zero attached hydrogens (tertiary/aromatic N) is 3. The van der Waals surface area contributed by atoms with Gasteiger partial charge in [0, 0.05) is 26.2 Å². The molecule has 1 fully saturated rings. The maximum Gasteiger partial charge on any atom is 0.275 e. The standard InChI is InChI=1S/C24H26FN3O2/c1-18-5-4-6-20(13-18)15-27(14-19-7-9-21(25)10-8-19)16-23-26-22(17-30-23)24(29)28-11-2-3-12-28/h4-10,13,17H,2-3,11-12,14-16H2,1H3. The highest BCUT2D eigenvalue weighted by Crippen LogP contribution is 2.17. The largest absolute Gasteiger partial charge is 0.447 e. The smallest absolute Gasteiger partial charge is 0.275 e. The Balaban J connectivity index is 1.50. The van der Waals surface area contributed by atoms with Crippen LogP contribution in [0.3, 0.4) is 0 Å². The lowest BCUT2D eigenvalue weighted by Gasteiger charge is -2.21. The van der Waals surface area contributed by atoms with Crippen LogP contribution in [0.4, 0.5) is 4.39 Å². The Kier molecular flexibility index (Phi) is 6.23. The third-order valence-electron chi connectivity index (χ3n) is 5.33. The van der Waals surface area contributed by atoms with Gasteiger partial charge in [0.1, 0.15) is 12.1 Å². The molecule has 0 aliphatic carbocycles. The Hall–Kier alpha value is -2.99. The highest BCUT2D eigenvalue weighted by Gasteiger charge is 2.23. The van der Waals surface area contributed by atoms with E-state index in [1.165, 1.54) is 29.5 Å². The molecule has 6 heteroatoms. The lowest BCUT2D eigenvalue weighted by molar-refractivity contribution is 0.0787. The maximum absolute atomic E-state index is 13.3. The number of rotatable bonds is 7. The molecule has 0 bridgehead atoms. The number of oxazole rings is 1. The van der Waals surface area contributed by atoms with Gasteiger partial charge in [0.2, 0.25) is 5.89 Å². The van der Waals surface area contributed by atoms with Crippen molar-refractivity contribution in [3.63, 3.8) is 0 Å². The molecule has 1 aliphatic rings. The summed E-state index contributed by atoms with van der Waals surface area (Å²) in [7, 11) is 0. The van der Waals surface area contributed by atoms with Gasteiger partial charge in [-0.15, -0.1) is 0 Å². The molecule has 2 heterocycles. The van der Waals surface area contributed by atoms with Gasteiger partial charge in [-0.1, -0.05) is 42.0 Å². The average molecular weight is 407 g/mol. The average Bonchev–Trinajstić information content (AvgIpc) is 3.41. The maximum atomic E-state index is 13.3. The molecule has 0 unspecified atom stereocenters. The number of amides is 1. The topological polar surface area (TPSA) is 49.6 Å². The van der Waals surface area contributed by atoms with Gasteiger partial charge in [-0.3, -0.25) is 9.69 Å². The highest BCUT2D eigenvalue weighted by molar-refractivity contribution is 5.92. The molecule has 2 aromatic carbocycles. The van der Waals surface area contributed by atoms with Crippen LogP contribution in [0.15, 0.2) is 59.2 Å². The normalized spacial score (nSPS) is 13.9. The van der Waals surface area contributed by atoms with E-state index in [2.05, 4.69) is 35.0 Å². The highest BCUT2D eigenvalue weighted by atomic mass is 19.1. The lowest BCUT2D eigenvalue weighted by atomic mass is 10.1. The van der Waals surface area contributed by atoms with E-state index < -0.39 is 0 Å². The first-order valence-corrected chi connectivity index (χ1v) is 10.3. The van der Waals surface area contributed by atoms with Crippen LogP contribution in [-0.4, -0.2) is 33.8 Å². The second-order valence-electron chi connectivity index (χ2n) is 7.89. The monoisotopic (exact) mass is 407 g/mol. The van der Waals surface area contributed by atoms with Gasteiger partial charge < -0.3 is 9.32 Å². The predicted molar refractivity (Wildman–Crippen MR) is 112 cm³/mol. The van der Waals surface area contributed by atoms with Crippen molar-refractivity contribution in [2.75, 3.05) is 13.1 Å². The number of benzene rings is 2. The number of halogens is 1. The Morgan fingerprint density at radius 1 is 1.07 bits per heavy atom. The second-order valence-corrected chi connectivity index (χ2v) is 7.89. The fraction of sp³-hybridized carbons (Fsp3) is 0.333. The molecule has 5 nitrogen and oxygen atoms in total. The van der Waals surface area contributed by atoms with E-state index in [0.717, 1.165) is 31.5 Å². The molecule has 0 N–H and O–H groups in total. The Labute approximate surface area is 176 Å². The van der Waals surface area contributed by atoms with Crippen molar-refractivity contribution in [1.82, 2.24) is 14.8 Å². The van der Waals surface area contributed by atoms with Crippen LogP contribution < -0.4 is 0 Å². The van der Waals surface area contributed by atoms with Gasteiger partial charge in [0.05, 0.1) is 6.54 Å². The molecule has 1 saturated heterocycles. The minimum Gasteiger partial charge on any atom is -0.447 e. The van der Waals surface area contributed by atoms with Crippen LogP contribution in [0.2, 0.25) is 0 Å². The molecular formula is C24H26FN3O2. The van der Waals surface area contributed by atoms with Crippen molar-refractivity contribution >= 4 is 5.91 Å². The fourth-order valence-electron chi connectivity index (χ4n) is 3.84. The molecule has 3 aromatic rings. The number of aryl methyl sites for hydroxylation is 1. The summed E-state index contributed by atoms with van der Waals surface area (Å²) in [5.41, 5.74) is 3.74. The summed E-state index contributed by atoms with van der Waals surface area (Å²) in [6.45, 7) is 5.40. The van der Waals surface area contributed by atoms with Gasteiger partial charge in [-0.25, -0.2) is 9.37 Å². The van der Waals surface area contributed by atoms with Crippen molar-refractivity contribution in [2.24, 2.45) is 0 Å². The summed E-state index contributed by atoms with van der Waals surface area (Å²) in [6, 6.07) is 14.9. The van der Waals surface area contributed by atoms with Crippen molar-refractivity contribution in [1.29, 1.82) is 0 Å². The Bertz CT molecular complexity index is 994. The van der Waals surface area contributed by atoms with Gasteiger partial charge in [-0.05, 0) is 43.0 Å². The third-order valence-corrected chi connectivity index (χ3v) is 5.33. The van der Waals surface area contributed by atoms with Crippen LogP contribution in [0.5, 0.6) is 0 Å². The van der Waals surface area contributed by atoms with Gasteiger partial charge >= 0.3 is 0 Å². The summed E-state index contributed by atoms with van der Waals surface area (Å²) in [4.78, 5) is 21.0. The number of hydrogen-bond acceptors (Lipinski definition) is 4. The summed E-state index contributed by atoms with van der Waals surface area (Å²) in [5.74, 6) is 0.195. The first kappa shape index (κ1) is 20.3. The van der Waals surface area contributed by atoms with E-state index in [4.69, 9.17) is 4.42 Å². The zero-order valence-corrected chi connectivity index (χ0v) is 17.2. The number of hydrogen-bond donors (Lipinski definition) is 0. The van der Waals surface area contributed by atoms with E-state index >= 15 is 0 Å². The molecule has 1 aliphatic heterocycles. The first-order chi connectivity index (χ1) is 14.6. The predicted octanol–water partition coefficient (Wildman–Crippen LogP) is 4.56. The van der Waals surface area contributed by atoms with E-state index in [0.29, 0.717) is 31.2 Å². The third kappa shape index (κ3) is 5.13. The fourth-order valence-corrected chi connectivity index (χ4v) is 3.84. The van der Waals surface area contributed by atoms with Crippen LogP contribution >= 0.6 is 0 Å². The van der Waals surface area contributed by atoms with Crippen LogP contribution in [0, 0.1) is 12.7 Å². The van der Waals surface area contributed by atoms with Gasteiger partial charge in [-0.2, -0.15) is 0 Å². The van der Waals surface area contributed by atoms with E-state index in [1.54, 1.807) is 12.1 Å². The van der Waals surface area contributed by atoms with Crippen molar-refractivity contribution in [3.05, 3.63) is 88.9 Å². The van der Waals surface area contributed by atoms with Crippen LogP contribution in [0.25, 0.3) is 0 Å². The van der Waals surface area contributed by atoms with Crippen molar-refractivity contribution < 1.29 is 13.6 Å². The summed E-state index contributed by atoms with van der Waals surface area (Å²) < 4.78 is 18.9. The Morgan fingerprint density at radius 3 is 2.53 bits per heavy atom. The summed E-state index contributed by atoms with van der Waals surface area (Å²) in [5, 5.41) is 0. The van der Waals surface area contributed by atoms with E-state index in [1.807, 2.05) is 11.0 Å². The summed E-state index contributed by atoms with van der Waals surface area (Å²) in [6.07, 6.45) is 3.54. The Morgan fingerprint density at radius 2 is 1.80 bits per heavy atom. The second kappa shape index (κ2) is 9.22. The van der Waals surface area contributed by atoms with Gasteiger partial charge in [0.25, 0.3) is 5.91 Å². The van der Waals surface area contributed by atoms with E-state index in [-0.39, 0.29) is 11.7 Å². The molecule has 4 rings (SSSR count). The first-order valence-electron chi connectivity index (χ1n) is 10.3. The molecule has 1 aromatic heterocycles. The van der Waals surface area contributed by atoms with Crippen LogP contribution in [0.1, 0.15) is 45.9 Å². The number of carbonyl (C=O) groups is 1. The van der Waals surface area contributed by atoms with Crippen LogP contribution in [-0.2, 0) is 19.6 Å². The summed E-state index contributed by atoms with van der Waals surface area (Å²) >= 11 is 0.